The average Bonchev–Trinajstić information content (AvgIpc) is 2.68. The van der Waals surface area contributed by atoms with Gasteiger partial charge >= 0.3 is 0 Å². The molecule has 0 aromatic rings. The average molecular weight is 365 g/mol. The van der Waals surface area contributed by atoms with E-state index < -0.39 is 19.4 Å². The highest BCUT2D eigenvalue weighted by atomic mass is 32.2. The standard InChI is InChI=1S/C10H20OS.C8H16O2S/c1-10(2,3)9-5-7-12(4,11)8-6-9;1-8(2,3)7-4-5-11(9,10)6-7/h9H,4-8H2,1-3H3;7H,4-6H2,1-3H3. The summed E-state index contributed by atoms with van der Waals surface area (Å²) in [6.07, 6.45) is 3.06. The van der Waals surface area contributed by atoms with Crippen molar-refractivity contribution < 1.29 is 12.6 Å². The van der Waals surface area contributed by atoms with Gasteiger partial charge in [-0.25, -0.2) is 8.42 Å². The molecule has 23 heavy (non-hydrogen) atoms. The first-order valence-corrected chi connectivity index (χ1v) is 12.5. The third-order valence-corrected chi connectivity index (χ3v) is 9.09. The van der Waals surface area contributed by atoms with E-state index in [0.717, 1.165) is 36.7 Å². The van der Waals surface area contributed by atoms with E-state index in [-0.39, 0.29) is 5.41 Å². The fourth-order valence-electron chi connectivity index (χ4n) is 3.30. The van der Waals surface area contributed by atoms with E-state index in [0.29, 0.717) is 22.8 Å². The first kappa shape index (κ1) is 21.0. The lowest BCUT2D eigenvalue weighted by molar-refractivity contribution is 0.223. The molecule has 2 aliphatic heterocycles. The fourth-order valence-corrected chi connectivity index (χ4v) is 7.03. The summed E-state index contributed by atoms with van der Waals surface area (Å²) in [5.74, 6) is 7.37. The van der Waals surface area contributed by atoms with Crippen LogP contribution in [-0.4, -0.2) is 41.5 Å². The molecule has 0 bridgehead atoms. The molecular weight excluding hydrogens is 328 g/mol. The van der Waals surface area contributed by atoms with Crippen molar-refractivity contribution in [3.8, 4) is 0 Å². The molecule has 0 N–H and O–H groups in total. The van der Waals surface area contributed by atoms with E-state index in [9.17, 15) is 12.6 Å². The fraction of sp³-hybridized carbons (Fsp3) is 0.944. The van der Waals surface area contributed by atoms with E-state index in [4.69, 9.17) is 0 Å². The summed E-state index contributed by atoms with van der Waals surface area (Å²) in [6.45, 7) is 13.1. The van der Waals surface area contributed by atoms with Gasteiger partial charge < -0.3 is 0 Å². The summed E-state index contributed by atoms with van der Waals surface area (Å²) in [4.78, 5) is 0. The van der Waals surface area contributed by atoms with Gasteiger partial charge in [0, 0.05) is 11.5 Å². The van der Waals surface area contributed by atoms with E-state index in [1.807, 2.05) is 0 Å². The Hall–Kier alpha value is -0.0300. The van der Waals surface area contributed by atoms with Gasteiger partial charge in [0.05, 0.1) is 11.5 Å². The lowest BCUT2D eigenvalue weighted by Crippen LogP contribution is -2.31. The van der Waals surface area contributed by atoms with Gasteiger partial charge in [-0.2, -0.15) is 0 Å². The summed E-state index contributed by atoms with van der Waals surface area (Å²) >= 11 is 0. The van der Waals surface area contributed by atoms with E-state index in [1.165, 1.54) is 0 Å². The SMILES string of the molecule is C=S1(=O)CCC(C(C)(C)C)CC1.CC(C)(C)C1CCS(=O)(=O)C1. The zero-order chi connectivity index (χ0) is 18.1. The molecular formula is C18H36O3S2. The number of hydrogen-bond donors (Lipinski definition) is 0. The van der Waals surface area contributed by atoms with Crippen molar-refractivity contribution in [1.82, 2.24) is 0 Å². The minimum atomic E-state index is -2.68. The summed E-state index contributed by atoms with van der Waals surface area (Å²) in [5.41, 5.74) is 0.541. The molecule has 5 heteroatoms. The van der Waals surface area contributed by atoms with Crippen LogP contribution in [0, 0.1) is 22.7 Å². The van der Waals surface area contributed by atoms with Gasteiger partial charge in [0.1, 0.15) is 0 Å². The Balaban J connectivity index is 0.000000231. The van der Waals surface area contributed by atoms with Crippen LogP contribution < -0.4 is 0 Å². The normalized spacial score (nSPS) is 34.5. The van der Waals surface area contributed by atoms with E-state index >= 15 is 0 Å². The predicted octanol–water partition coefficient (Wildman–Crippen LogP) is 3.63. The molecule has 1 unspecified atom stereocenters. The zero-order valence-electron chi connectivity index (χ0n) is 15.9. The van der Waals surface area contributed by atoms with Crippen LogP contribution in [0.3, 0.4) is 0 Å². The van der Waals surface area contributed by atoms with Crippen molar-refractivity contribution in [2.75, 3.05) is 23.0 Å². The molecule has 2 rings (SSSR count). The second-order valence-electron chi connectivity index (χ2n) is 9.48. The van der Waals surface area contributed by atoms with Gasteiger partial charge in [-0.1, -0.05) is 41.5 Å². The maximum Gasteiger partial charge on any atom is 0.150 e. The van der Waals surface area contributed by atoms with Crippen LogP contribution in [0.2, 0.25) is 0 Å². The molecule has 2 saturated heterocycles. The van der Waals surface area contributed by atoms with Crippen LogP contribution in [0.1, 0.15) is 60.8 Å². The molecule has 1 atom stereocenters. The van der Waals surface area contributed by atoms with Crippen LogP contribution in [0.5, 0.6) is 0 Å². The van der Waals surface area contributed by atoms with Gasteiger partial charge in [-0.05, 0) is 57.3 Å². The highest BCUT2D eigenvalue weighted by Crippen LogP contribution is 2.35. The number of sulfone groups is 1. The van der Waals surface area contributed by atoms with E-state index in [2.05, 4.69) is 47.4 Å². The van der Waals surface area contributed by atoms with Gasteiger partial charge in [0.15, 0.2) is 9.84 Å². The summed E-state index contributed by atoms with van der Waals surface area (Å²) < 4.78 is 33.7. The predicted molar refractivity (Wildman–Crippen MR) is 103 cm³/mol. The third-order valence-electron chi connectivity index (χ3n) is 5.36. The Morgan fingerprint density at radius 1 is 0.739 bits per heavy atom. The monoisotopic (exact) mass is 364 g/mol. The first-order valence-electron chi connectivity index (χ1n) is 8.65. The highest BCUT2D eigenvalue weighted by Gasteiger charge is 2.35. The maximum absolute atomic E-state index is 11.6. The molecule has 3 nitrogen and oxygen atoms in total. The summed E-state index contributed by atoms with van der Waals surface area (Å²) in [5, 5.41) is 0. The van der Waals surface area contributed by atoms with Crippen LogP contribution in [0.25, 0.3) is 0 Å². The van der Waals surface area contributed by atoms with Gasteiger partial charge in [-0.15, -0.1) is 0 Å². The Kier molecular flexibility index (Phi) is 6.46. The second-order valence-corrected chi connectivity index (χ2v) is 14.5. The molecule has 0 radical (unpaired) electrons. The van der Waals surface area contributed by atoms with Crippen molar-refractivity contribution in [1.29, 1.82) is 0 Å². The van der Waals surface area contributed by atoms with Crippen LogP contribution in [-0.2, 0) is 19.4 Å². The Morgan fingerprint density at radius 3 is 1.39 bits per heavy atom. The first-order chi connectivity index (χ1) is 10.1. The largest absolute Gasteiger partial charge is 0.268 e. The molecule has 0 aromatic heterocycles. The van der Waals surface area contributed by atoms with Crippen molar-refractivity contribution in [2.45, 2.75) is 60.8 Å². The van der Waals surface area contributed by atoms with E-state index in [1.54, 1.807) is 0 Å². The van der Waals surface area contributed by atoms with Crippen molar-refractivity contribution in [3.63, 3.8) is 0 Å². The topological polar surface area (TPSA) is 51.2 Å². The van der Waals surface area contributed by atoms with Crippen LogP contribution >= 0.6 is 0 Å². The van der Waals surface area contributed by atoms with Crippen molar-refractivity contribution >= 4 is 25.2 Å². The molecule has 2 fully saturated rings. The van der Waals surface area contributed by atoms with Gasteiger partial charge in [-0.3, -0.25) is 4.21 Å². The lowest BCUT2D eigenvalue weighted by Gasteiger charge is -2.34. The molecule has 0 amide bonds. The summed E-state index contributed by atoms with van der Waals surface area (Å²) in [6, 6.07) is 0. The molecule has 0 spiro atoms. The van der Waals surface area contributed by atoms with Gasteiger partial charge in [0.25, 0.3) is 0 Å². The molecule has 0 saturated carbocycles. The minimum absolute atomic E-state index is 0.156. The Labute approximate surface area is 144 Å². The maximum atomic E-state index is 11.6. The highest BCUT2D eigenvalue weighted by molar-refractivity contribution is 8.00. The van der Waals surface area contributed by atoms with Gasteiger partial charge in [0.2, 0.25) is 0 Å². The minimum Gasteiger partial charge on any atom is -0.268 e. The van der Waals surface area contributed by atoms with Crippen molar-refractivity contribution in [2.24, 2.45) is 22.7 Å². The Bertz CT molecular complexity index is 573. The molecule has 0 aromatic carbocycles. The molecule has 138 valence electrons. The molecule has 0 aliphatic carbocycles. The lowest BCUT2D eigenvalue weighted by atomic mass is 9.77. The smallest absolute Gasteiger partial charge is 0.150 e. The quantitative estimate of drug-likeness (QED) is 0.617. The molecule has 2 aliphatic rings. The summed E-state index contributed by atoms with van der Waals surface area (Å²) in [7, 11) is -4.35. The zero-order valence-corrected chi connectivity index (χ0v) is 17.5. The van der Waals surface area contributed by atoms with Crippen molar-refractivity contribution in [3.05, 3.63) is 0 Å². The Morgan fingerprint density at radius 2 is 1.13 bits per heavy atom. The number of hydrogen-bond acceptors (Lipinski definition) is 3. The number of rotatable bonds is 0. The third kappa shape index (κ3) is 7.16. The second kappa shape index (κ2) is 7.07. The van der Waals surface area contributed by atoms with Crippen LogP contribution in [0.15, 0.2) is 0 Å². The molecule has 2 heterocycles. The van der Waals surface area contributed by atoms with Crippen LogP contribution in [0.4, 0.5) is 0 Å².